The van der Waals surface area contributed by atoms with Crippen molar-refractivity contribution in [3.05, 3.63) is 51.8 Å². The lowest BCUT2D eigenvalue weighted by Gasteiger charge is -2.06. The van der Waals surface area contributed by atoms with Crippen LogP contribution in [0.2, 0.25) is 0 Å². The first kappa shape index (κ1) is 13.8. The molecule has 1 aromatic rings. The Bertz CT molecular complexity index is 500. The molecule has 0 spiro atoms. The Labute approximate surface area is 103 Å². The van der Waals surface area contributed by atoms with Gasteiger partial charge in [0.15, 0.2) is 0 Å². The zero-order valence-corrected chi connectivity index (χ0v) is 9.90. The fourth-order valence-corrected chi connectivity index (χ4v) is 1.40. The number of nitrogens with zero attached hydrogens (tertiary/aromatic N) is 1. The lowest BCUT2D eigenvalue weighted by Crippen LogP contribution is -2.25. The maximum atomic E-state index is 13.7. The number of aryl methyl sites for hydroxylation is 1. The second kappa shape index (κ2) is 5.90. The van der Waals surface area contributed by atoms with Gasteiger partial charge < -0.3 is 5.32 Å². The predicted octanol–water partition coefficient (Wildman–Crippen LogP) is 2.35. The van der Waals surface area contributed by atoms with Crippen molar-refractivity contribution < 1.29 is 14.1 Å². The summed E-state index contributed by atoms with van der Waals surface area (Å²) in [4.78, 5) is 21.6. The van der Waals surface area contributed by atoms with E-state index in [1.54, 1.807) is 6.08 Å². The molecule has 0 heterocycles. The third-order valence-corrected chi connectivity index (χ3v) is 2.33. The minimum absolute atomic E-state index is 0.0677. The monoisotopic (exact) mass is 252 g/mol. The summed E-state index contributed by atoms with van der Waals surface area (Å²) in [7, 11) is 0. The molecule has 6 heteroatoms. The van der Waals surface area contributed by atoms with Crippen LogP contribution in [0.1, 0.15) is 22.3 Å². The molecule has 1 N–H and O–H groups in total. The Morgan fingerprint density at radius 1 is 1.61 bits per heavy atom. The lowest BCUT2D eigenvalue weighted by molar-refractivity contribution is -0.385. The molecule has 0 atom stereocenters. The molecule has 18 heavy (non-hydrogen) atoms. The van der Waals surface area contributed by atoms with Gasteiger partial charge in [-0.25, -0.2) is 4.39 Å². The molecular formula is C12H13FN2O3. The third-order valence-electron chi connectivity index (χ3n) is 2.33. The summed E-state index contributed by atoms with van der Waals surface area (Å²) in [6.07, 6.45) is 2.15. The molecule has 0 aliphatic heterocycles. The number of halogens is 1. The topological polar surface area (TPSA) is 72.2 Å². The summed E-state index contributed by atoms with van der Waals surface area (Å²) in [5.41, 5.74) is -0.549. The van der Waals surface area contributed by atoms with Crippen molar-refractivity contribution in [1.29, 1.82) is 0 Å². The van der Waals surface area contributed by atoms with Crippen LogP contribution in [0.5, 0.6) is 0 Å². The maximum absolute atomic E-state index is 13.7. The van der Waals surface area contributed by atoms with Crippen molar-refractivity contribution in [3.63, 3.8) is 0 Å². The molecule has 0 aromatic heterocycles. The number of nitro groups is 1. The molecule has 0 aliphatic rings. The van der Waals surface area contributed by atoms with Gasteiger partial charge >= 0.3 is 0 Å². The van der Waals surface area contributed by atoms with E-state index in [4.69, 9.17) is 0 Å². The van der Waals surface area contributed by atoms with Crippen molar-refractivity contribution >= 4 is 11.6 Å². The third kappa shape index (κ3) is 3.13. The van der Waals surface area contributed by atoms with E-state index in [0.717, 1.165) is 12.1 Å². The van der Waals surface area contributed by atoms with Gasteiger partial charge in [0.25, 0.3) is 11.6 Å². The van der Waals surface area contributed by atoms with E-state index < -0.39 is 16.6 Å². The van der Waals surface area contributed by atoms with E-state index in [9.17, 15) is 19.3 Å². The van der Waals surface area contributed by atoms with Gasteiger partial charge in [-0.2, -0.15) is 0 Å². The molecule has 0 saturated carbocycles. The van der Waals surface area contributed by atoms with E-state index in [0.29, 0.717) is 13.0 Å². The minimum Gasteiger partial charge on any atom is -0.352 e. The highest BCUT2D eigenvalue weighted by Gasteiger charge is 2.19. The van der Waals surface area contributed by atoms with Crippen LogP contribution in [0.3, 0.4) is 0 Å². The van der Waals surface area contributed by atoms with Gasteiger partial charge in [-0.1, -0.05) is 6.08 Å². The van der Waals surface area contributed by atoms with Crippen LogP contribution in [0.4, 0.5) is 10.1 Å². The first-order chi connectivity index (χ1) is 8.47. The van der Waals surface area contributed by atoms with E-state index in [-0.39, 0.29) is 16.8 Å². The summed E-state index contributed by atoms with van der Waals surface area (Å²) < 4.78 is 13.7. The van der Waals surface area contributed by atoms with E-state index in [1.165, 1.54) is 6.92 Å². The number of nitrogens with one attached hydrogen (secondary N) is 1. The van der Waals surface area contributed by atoms with Crippen LogP contribution in [-0.2, 0) is 0 Å². The number of benzene rings is 1. The normalized spacial score (nSPS) is 9.89. The van der Waals surface area contributed by atoms with E-state index >= 15 is 0 Å². The molecule has 1 rings (SSSR count). The van der Waals surface area contributed by atoms with Crippen LogP contribution in [0.15, 0.2) is 24.8 Å². The van der Waals surface area contributed by atoms with E-state index in [1.807, 2.05) is 0 Å². The summed E-state index contributed by atoms with van der Waals surface area (Å²) in [6, 6.07) is 2.03. The second-order valence-electron chi connectivity index (χ2n) is 3.71. The molecule has 1 amide bonds. The lowest BCUT2D eigenvalue weighted by atomic mass is 10.1. The second-order valence-corrected chi connectivity index (χ2v) is 3.71. The highest BCUT2D eigenvalue weighted by Crippen LogP contribution is 2.20. The highest BCUT2D eigenvalue weighted by molar-refractivity contribution is 5.95. The summed E-state index contributed by atoms with van der Waals surface area (Å²) >= 11 is 0. The molecule has 0 radical (unpaired) electrons. The van der Waals surface area contributed by atoms with Crippen molar-refractivity contribution in [2.45, 2.75) is 13.3 Å². The Balaban J connectivity index is 3.03. The Morgan fingerprint density at radius 2 is 2.28 bits per heavy atom. The number of nitro benzene ring substituents is 1. The van der Waals surface area contributed by atoms with Gasteiger partial charge in [-0.3, -0.25) is 14.9 Å². The fraction of sp³-hybridized carbons (Fsp3) is 0.250. The Morgan fingerprint density at radius 3 is 2.83 bits per heavy atom. The van der Waals surface area contributed by atoms with Gasteiger partial charge in [0.05, 0.1) is 10.5 Å². The molecule has 0 unspecified atom stereocenters. The van der Waals surface area contributed by atoms with Gasteiger partial charge in [-0.15, -0.1) is 6.58 Å². The van der Waals surface area contributed by atoms with Crippen molar-refractivity contribution in [1.82, 2.24) is 5.32 Å². The number of rotatable bonds is 5. The SMILES string of the molecule is C=CCCNC(=O)c1cc([N+](=O)[O-])cc(C)c1F. The van der Waals surface area contributed by atoms with Gasteiger partial charge in [-0.05, 0) is 18.9 Å². The molecule has 96 valence electrons. The number of hydrogen-bond donors (Lipinski definition) is 1. The van der Waals surface area contributed by atoms with E-state index in [2.05, 4.69) is 11.9 Å². The van der Waals surface area contributed by atoms with Crippen LogP contribution < -0.4 is 5.32 Å². The standard InChI is InChI=1S/C12H13FN2O3/c1-3-4-5-14-12(16)10-7-9(15(17)18)6-8(2)11(10)13/h3,6-7H,1,4-5H2,2H3,(H,14,16). The van der Waals surface area contributed by atoms with Crippen LogP contribution in [-0.4, -0.2) is 17.4 Å². The predicted molar refractivity (Wildman–Crippen MR) is 64.9 cm³/mol. The molecule has 0 saturated heterocycles. The molecule has 5 nitrogen and oxygen atoms in total. The zero-order chi connectivity index (χ0) is 13.7. The van der Waals surface area contributed by atoms with Crippen LogP contribution >= 0.6 is 0 Å². The van der Waals surface area contributed by atoms with Gasteiger partial charge in [0.2, 0.25) is 0 Å². The smallest absolute Gasteiger partial charge is 0.270 e. The molecule has 0 fully saturated rings. The number of amides is 1. The first-order valence-corrected chi connectivity index (χ1v) is 5.31. The molecule has 1 aromatic carbocycles. The largest absolute Gasteiger partial charge is 0.352 e. The minimum atomic E-state index is -0.739. The zero-order valence-electron chi connectivity index (χ0n) is 9.90. The van der Waals surface area contributed by atoms with Crippen LogP contribution in [0, 0.1) is 22.9 Å². The van der Waals surface area contributed by atoms with Crippen molar-refractivity contribution in [3.8, 4) is 0 Å². The average molecular weight is 252 g/mol. The van der Waals surface area contributed by atoms with Crippen molar-refractivity contribution in [2.75, 3.05) is 6.54 Å². The molecular weight excluding hydrogens is 239 g/mol. The number of non-ortho nitro benzene ring substituents is 1. The number of hydrogen-bond acceptors (Lipinski definition) is 3. The first-order valence-electron chi connectivity index (χ1n) is 5.31. The Kier molecular flexibility index (Phi) is 4.53. The summed E-state index contributed by atoms with van der Waals surface area (Å²) in [5, 5.41) is 13.1. The molecule has 0 aliphatic carbocycles. The average Bonchev–Trinajstić information content (AvgIpc) is 2.32. The summed E-state index contributed by atoms with van der Waals surface area (Å²) in [6.45, 7) is 5.17. The van der Waals surface area contributed by atoms with Gasteiger partial charge in [0, 0.05) is 18.7 Å². The number of carbonyl (C=O) groups is 1. The number of carbonyl (C=O) groups excluding carboxylic acids is 1. The van der Waals surface area contributed by atoms with Crippen LogP contribution in [0.25, 0.3) is 0 Å². The Hall–Kier alpha value is -2.24. The highest BCUT2D eigenvalue weighted by atomic mass is 19.1. The fourth-order valence-electron chi connectivity index (χ4n) is 1.40. The summed E-state index contributed by atoms with van der Waals surface area (Å²) in [5.74, 6) is -1.40. The maximum Gasteiger partial charge on any atom is 0.270 e. The molecule has 0 bridgehead atoms. The van der Waals surface area contributed by atoms with Gasteiger partial charge in [0.1, 0.15) is 5.82 Å². The quantitative estimate of drug-likeness (QED) is 0.378. The van der Waals surface area contributed by atoms with Crippen molar-refractivity contribution in [2.24, 2.45) is 0 Å².